The van der Waals surface area contributed by atoms with Crippen LogP contribution in [0.5, 0.6) is 0 Å². The Morgan fingerprint density at radius 3 is 2.45 bits per heavy atom. The molecule has 0 spiro atoms. The molecule has 1 N–H and O–H groups in total. The van der Waals surface area contributed by atoms with Gasteiger partial charge in [0.25, 0.3) is 0 Å². The highest BCUT2D eigenvalue weighted by Gasteiger charge is 2.19. The average molecular weight is 294 g/mol. The van der Waals surface area contributed by atoms with Crippen molar-refractivity contribution < 1.29 is 4.42 Å². The molecule has 1 aromatic heterocycles. The van der Waals surface area contributed by atoms with Crippen molar-refractivity contribution in [2.24, 2.45) is 0 Å². The zero-order valence-corrected chi connectivity index (χ0v) is 14.0. The van der Waals surface area contributed by atoms with Crippen molar-refractivity contribution in [1.82, 2.24) is 5.32 Å². The molecule has 2 aromatic rings. The van der Waals surface area contributed by atoms with Crippen molar-refractivity contribution in [3.05, 3.63) is 33.5 Å². The van der Waals surface area contributed by atoms with Crippen molar-refractivity contribution in [3.63, 3.8) is 0 Å². The van der Waals surface area contributed by atoms with Gasteiger partial charge < -0.3 is 9.73 Å². The van der Waals surface area contributed by atoms with Crippen LogP contribution in [0.25, 0.3) is 11.0 Å². The number of hydrogen-bond donors (Lipinski definition) is 1. The molecule has 3 heteroatoms. The van der Waals surface area contributed by atoms with E-state index >= 15 is 0 Å². The summed E-state index contributed by atoms with van der Waals surface area (Å²) in [7, 11) is 0. The Labute approximate surface area is 126 Å². The van der Waals surface area contributed by atoms with Crippen LogP contribution in [0.4, 0.5) is 0 Å². The van der Waals surface area contributed by atoms with E-state index in [1.165, 1.54) is 10.9 Å². The lowest BCUT2D eigenvalue weighted by molar-refractivity contribution is 0.393. The highest BCUT2D eigenvalue weighted by molar-refractivity contribution is 6.33. The van der Waals surface area contributed by atoms with Crippen LogP contribution in [0, 0.1) is 13.8 Å². The predicted octanol–water partition coefficient (Wildman–Crippen LogP) is 5.15. The second kappa shape index (κ2) is 5.42. The Morgan fingerprint density at radius 1 is 1.25 bits per heavy atom. The first-order chi connectivity index (χ1) is 9.24. The molecule has 20 heavy (non-hydrogen) atoms. The molecular formula is C17H24ClNO. The molecule has 110 valence electrons. The van der Waals surface area contributed by atoms with Crippen LogP contribution in [0.2, 0.25) is 5.02 Å². The third kappa shape index (κ3) is 2.87. The largest absolute Gasteiger partial charge is 0.459 e. The number of hydrogen-bond acceptors (Lipinski definition) is 2. The minimum Gasteiger partial charge on any atom is -0.459 e. The van der Waals surface area contributed by atoms with Crippen molar-refractivity contribution >= 4 is 22.6 Å². The number of rotatable bonds is 3. The van der Waals surface area contributed by atoms with E-state index in [-0.39, 0.29) is 5.54 Å². The average Bonchev–Trinajstić information content (AvgIpc) is 2.70. The molecule has 0 bridgehead atoms. The first-order valence-corrected chi connectivity index (χ1v) is 7.57. The lowest BCUT2D eigenvalue weighted by Crippen LogP contribution is -2.35. The van der Waals surface area contributed by atoms with E-state index in [9.17, 15) is 0 Å². The number of benzene rings is 1. The topological polar surface area (TPSA) is 25.2 Å². The molecule has 2 nitrogen and oxygen atoms in total. The molecular weight excluding hydrogens is 270 g/mol. The summed E-state index contributed by atoms with van der Waals surface area (Å²) in [5.74, 6) is 1.03. The van der Waals surface area contributed by atoms with Crippen molar-refractivity contribution in [2.75, 3.05) is 0 Å². The summed E-state index contributed by atoms with van der Waals surface area (Å²) in [4.78, 5) is 0. The molecule has 0 saturated carbocycles. The van der Waals surface area contributed by atoms with E-state index in [1.54, 1.807) is 0 Å². The third-order valence-corrected chi connectivity index (χ3v) is 4.23. The maximum Gasteiger partial charge on any atom is 0.135 e. The molecule has 0 saturated heterocycles. The van der Waals surface area contributed by atoms with Gasteiger partial charge in [0.05, 0.1) is 6.54 Å². The highest BCUT2D eigenvalue weighted by atomic mass is 35.5. The molecule has 1 aromatic carbocycles. The second-order valence-corrected chi connectivity index (χ2v) is 6.84. The summed E-state index contributed by atoms with van der Waals surface area (Å²) in [6.07, 6.45) is 0.953. The van der Waals surface area contributed by atoms with Gasteiger partial charge in [-0.05, 0) is 58.2 Å². The van der Waals surface area contributed by atoms with Gasteiger partial charge in [-0.1, -0.05) is 18.5 Å². The number of nitrogens with one attached hydrogen (secondary N) is 1. The molecule has 0 radical (unpaired) electrons. The van der Waals surface area contributed by atoms with Gasteiger partial charge in [0, 0.05) is 21.5 Å². The number of halogens is 1. The van der Waals surface area contributed by atoms with Crippen LogP contribution in [0.15, 0.2) is 10.5 Å². The van der Waals surface area contributed by atoms with Gasteiger partial charge in [-0.25, -0.2) is 0 Å². The zero-order chi connectivity index (χ0) is 15.1. The maximum absolute atomic E-state index is 6.39. The highest BCUT2D eigenvalue weighted by Crippen LogP contribution is 2.35. The van der Waals surface area contributed by atoms with Crippen LogP contribution in [-0.4, -0.2) is 5.54 Å². The quantitative estimate of drug-likeness (QED) is 0.846. The van der Waals surface area contributed by atoms with Crippen LogP contribution in [0.3, 0.4) is 0 Å². The molecule has 0 aliphatic rings. The molecule has 0 fully saturated rings. The molecule has 0 aliphatic carbocycles. The van der Waals surface area contributed by atoms with Crippen LogP contribution >= 0.6 is 11.6 Å². The van der Waals surface area contributed by atoms with Crippen LogP contribution < -0.4 is 5.32 Å². The molecule has 0 unspecified atom stereocenters. The van der Waals surface area contributed by atoms with Crippen molar-refractivity contribution in [3.8, 4) is 0 Å². The Morgan fingerprint density at radius 2 is 1.90 bits per heavy atom. The Bertz CT molecular complexity index is 635. The molecule has 0 amide bonds. The summed E-state index contributed by atoms with van der Waals surface area (Å²) < 4.78 is 6.08. The van der Waals surface area contributed by atoms with E-state index in [4.69, 9.17) is 16.0 Å². The van der Waals surface area contributed by atoms with Gasteiger partial charge in [-0.15, -0.1) is 0 Å². The summed E-state index contributed by atoms with van der Waals surface area (Å²) >= 11 is 6.39. The fourth-order valence-corrected chi connectivity index (χ4v) is 2.72. The van der Waals surface area contributed by atoms with E-state index in [1.807, 2.05) is 13.0 Å². The standard InChI is InChI=1S/C17H24ClNO/c1-7-12-14(9-19-17(4,5)6)20-13-8-10(2)16(18)11(3)15(12)13/h8,19H,7,9H2,1-6H3. The van der Waals surface area contributed by atoms with Crippen LogP contribution in [0.1, 0.15) is 50.1 Å². The van der Waals surface area contributed by atoms with Gasteiger partial charge in [0.15, 0.2) is 0 Å². The Hall–Kier alpha value is -0.990. The number of aryl methyl sites for hydroxylation is 3. The summed E-state index contributed by atoms with van der Waals surface area (Å²) in [6, 6.07) is 2.05. The van der Waals surface area contributed by atoms with Gasteiger partial charge in [-0.3, -0.25) is 0 Å². The Kier molecular flexibility index (Phi) is 4.17. The second-order valence-electron chi connectivity index (χ2n) is 6.47. The summed E-state index contributed by atoms with van der Waals surface area (Å²) in [6.45, 7) is 13.5. The first-order valence-electron chi connectivity index (χ1n) is 7.19. The van der Waals surface area contributed by atoms with Crippen molar-refractivity contribution in [1.29, 1.82) is 0 Å². The van der Waals surface area contributed by atoms with Crippen LogP contribution in [-0.2, 0) is 13.0 Å². The fraction of sp³-hybridized carbons (Fsp3) is 0.529. The summed E-state index contributed by atoms with van der Waals surface area (Å²) in [5, 5.41) is 5.53. The fourth-order valence-electron chi connectivity index (χ4n) is 2.57. The first kappa shape index (κ1) is 15.4. The SMILES string of the molecule is CCc1c(CNC(C)(C)C)oc2cc(C)c(Cl)c(C)c12. The van der Waals surface area contributed by atoms with E-state index in [0.29, 0.717) is 0 Å². The molecule has 1 heterocycles. The minimum atomic E-state index is 0.0760. The monoisotopic (exact) mass is 293 g/mol. The molecule has 0 atom stereocenters. The Balaban J connectivity index is 2.54. The van der Waals surface area contributed by atoms with Gasteiger partial charge >= 0.3 is 0 Å². The predicted molar refractivity (Wildman–Crippen MR) is 86.7 cm³/mol. The van der Waals surface area contributed by atoms with E-state index < -0.39 is 0 Å². The van der Waals surface area contributed by atoms with Crippen molar-refractivity contribution in [2.45, 2.75) is 60.0 Å². The number of fused-ring (bicyclic) bond motifs is 1. The third-order valence-electron chi connectivity index (χ3n) is 3.65. The lowest BCUT2D eigenvalue weighted by atomic mass is 10.0. The normalized spacial score (nSPS) is 12.3. The van der Waals surface area contributed by atoms with Gasteiger partial charge in [0.2, 0.25) is 0 Å². The smallest absolute Gasteiger partial charge is 0.135 e. The maximum atomic E-state index is 6.39. The van der Waals surface area contributed by atoms with Gasteiger partial charge in [-0.2, -0.15) is 0 Å². The molecule has 0 aliphatic heterocycles. The minimum absolute atomic E-state index is 0.0760. The zero-order valence-electron chi connectivity index (χ0n) is 13.3. The van der Waals surface area contributed by atoms with E-state index in [0.717, 1.165) is 40.5 Å². The summed E-state index contributed by atoms with van der Waals surface area (Å²) in [5.41, 5.74) is 4.50. The molecule has 2 rings (SSSR count). The lowest BCUT2D eigenvalue weighted by Gasteiger charge is -2.19. The van der Waals surface area contributed by atoms with E-state index in [2.05, 4.69) is 39.9 Å². The van der Waals surface area contributed by atoms with Gasteiger partial charge in [0.1, 0.15) is 11.3 Å². The number of furan rings is 1.